The Bertz CT molecular complexity index is 1070. The summed E-state index contributed by atoms with van der Waals surface area (Å²) in [6, 6.07) is 0. The first-order chi connectivity index (χ1) is 17.7. The average Bonchev–Trinajstić information content (AvgIpc) is 3.09. The van der Waals surface area contributed by atoms with E-state index in [2.05, 4.69) is 11.1 Å². The summed E-state index contributed by atoms with van der Waals surface area (Å²) >= 11 is 0. The standard InChI is InChI=1S/C28H48O10S.Na/c1-16(6-7-17(2)26(5,32)15-38-39(35,36)37)19-12-20(30)23-24(19,3)10-9-21-25(4)11-8-18(29)13-28(25,34)22(31)14-27(21,23)33;/h6-7,16-23,29-34H,8-15H2,1-5H3,(H,35,36,37);/q;+1/p-1/b7-6+;/t16-,17?,18+,19-,20+,21?,22-,23-,24-,25-,26?,27+,28+;/m1./s1. The van der Waals surface area contributed by atoms with Crippen LogP contribution in [0.2, 0.25) is 0 Å². The first-order valence-electron chi connectivity index (χ1n) is 14.2. The average molecular weight is 599 g/mol. The summed E-state index contributed by atoms with van der Waals surface area (Å²) in [5.74, 6) is -1.47. The second-order valence-corrected chi connectivity index (χ2v) is 15.0. The van der Waals surface area contributed by atoms with Gasteiger partial charge < -0.3 is 35.2 Å². The van der Waals surface area contributed by atoms with Gasteiger partial charge in [0.1, 0.15) is 0 Å². The molecular formula is C28H47NaO10S. The van der Waals surface area contributed by atoms with Crippen LogP contribution in [0.3, 0.4) is 0 Å². The fraction of sp³-hybridized carbons (Fsp3) is 0.929. The van der Waals surface area contributed by atoms with Crippen molar-refractivity contribution in [2.75, 3.05) is 6.61 Å². The zero-order valence-electron chi connectivity index (χ0n) is 24.7. The predicted molar refractivity (Wildman–Crippen MR) is 141 cm³/mol. The van der Waals surface area contributed by atoms with Crippen molar-refractivity contribution in [3.05, 3.63) is 12.2 Å². The van der Waals surface area contributed by atoms with Gasteiger partial charge in [0.05, 0.1) is 41.7 Å². The molecule has 0 aliphatic heterocycles. The largest absolute Gasteiger partial charge is 1.00 e. The molecule has 0 saturated heterocycles. The van der Waals surface area contributed by atoms with Crippen LogP contribution in [0.5, 0.6) is 0 Å². The van der Waals surface area contributed by atoms with Crippen molar-refractivity contribution >= 4 is 10.4 Å². The molecule has 13 atom stereocenters. The molecule has 0 radical (unpaired) electrons. The van der Waals surface area contributed by atoms with E-state index in [4.69, 9.17) is 0 Å². The number of allylic oxidation sites excluding steroid dienone is 1. The summed E-state index contributed by atoms with van der Waals surface area (Å²) in [5.41, 5.74) is -5.74. The topological polar surface area (TPSA) is 188 Å². The minimum absolute atomic E-state index is 0. The molecule has 0 aromatic carbocycles. The van der Waals surface area contributed by atoms with Crippen molar-refractivity contribution in [1.82, 2.24) is 0 Å². The van der Waals surface area contributed by atoms with Gasteiger partial charge in [-0.15, -0.1) is 0 Å². The summed E-state index contributed by atoms with van der Waals surface area (Å²) < 4.78 is 36.7. The van der Waals surface area contributed by atoms with Gasteiger partial charge in [0, 0.05) is 30.1 Å². The number of hydrogen-bond acceptors (Lipinski definition) is 10. The molecule has 6 N–H and O–H groups in total. The fourth-order valence-corrected chi connectivity index (χ4v) is 9.70. The zero-order valence-corrected chi connectivity index (χ0v) is 27.5. The molecule has 0 amide bonds. The third kappa shape index (κ3) is 5.65. The van der Waals surface area contributed by atoms with E-state index in [-0.39, 0.29) is 60.2 Å². The molecular weight excluding hydrogens is 551 g/mol. The summed E-state index contributed by atoms with van der Waals surface area (Å²) in [7, 11) is -4.93. The fourth-order valence-electron chi connectivity index (χ4n) is 9.31. The first-order valence-corrected chi connectivity index (χ1v) is 15.5. The second-order valence-electron chi connectivity index (χ2n) is 14.0. The molecule has 0 aromatic heterocycles. The zero-order chi connectivity index (χ0) is 29.4. The van der Waals surface area contributed by atoms with Crippen LogP contribution in [0.25, 0.3) is 0 Å². The molecule has 3 unspecified atom stereocenters. The summed E-state index contributed by atoms with van der Waals surface area (Å²) in [6.07, 6.45) is 3.70. The van der Waals surface area contributed by atoms with E-state index < -0.39 is 74.8 Å². The molecule has 4 aliphatic rings. The monoisotopic (exact) mass is 598 g/mol. The van der Waals surface area contributed by atoms with Crippen molar-refractivity contribution in [2.24, 2.45) is 40.4 Å². The van der Waals surface area contributed by atoms with Crippen molar-refractivity contribution < 1.29 is 77.4 Å². The van der Waals surface area contributed by atoms with E-state index in [0.29, 0.717) is 25.7 Å². The molecule has 12 heteroatoms. The van der Waals surface area contributed by atoms with Gasteiger partial charge in [-0.2, -0.15) is 0 Å². The Labute approximate surface area is 260 Å². The van der Waals surface area contributed by atoms with Crippen LogP contribution in [0.4, 0.5) is 0 Å². The Morgan fingerprint density at radius 1 is 1.07 bits per heavy atom. The van der Waals surface area contributed by atoms with Gasteiger partial charge in [-0.1, -0.05) is 39.8 Å². The molecule has 0 bridgehead atoms. The Morgan fingerprint density at radius 3 is 2.30 bits per heavy atom. The molecule has 0 heterocycles. The van der Waals surface area contributed by atoms with Crippen LogP contribution in [0.1, 0.15) is 79.6 Å². The maximum atomic E-state index is 12.4. The van der Waals surface area contributed by atoms with Gasteiger partial charge >= 0.3 is 29.6 Å². The van der Waals surface area contributed by atoms with Gasteiger partial charge in [-0.05, 0) is 62.2 Å². The third-order valence-electron chi connectivity index (χ3n) is 11.7. The SMILES string of the molecule is CC(/C=C/[C@@H](C)[C@H]1C[C@H](O)[C@@H]2[C@]1(C)CCC1[C@@]2(O)C[C@@H](O)[C@@]2(O)C[C@@H](O)CC[C@]12C)C(C)(O)COS(=O)(=O)[O-].[Na+]. The van der Waals surface area contributed by atoms with E-state index in [9.17, 15) is 43.6 Å². The Hall–Kier alpha value is 0.370. The van der Waals surface area contributed by atoms with E-state index in [1.165, 1.54) is 6.92 Å². The Kier molecular flexibility index (Phi) is 9.92. The quantitative estimate of drug-likeness (QED) is 0.0848. The van der Waals surface area contributed by atoms with Crippen molar-refractivity contribution in [1.29, 1.82) is 0 Å². The van der Waals surface area contributed by atoms with Gasteiger partial charge in [-0.25, -0.2) is 8.42 Å². The Balaban J connectivity index is 0.00000441. The molecule has 10 nitrogen and oxygen atoms in total. The van der Waals surface area contributed by atoms with Gasteiger partial charge in [0.15, 0.2) is 0 Å². The van der Waals surface area contributed by atoms with Crippen LogP contribution in [0, 0.1) is 40.4 Å². The van der Waals surface area contributed by atoms with Gasteiger partial charge in [0.2, 0.25) is 10.4 Å². The Morgan fingerprint density at radius 2 is 1.70 bits per heavy atom. The predicted octanol–water partition coefficient (Wildman–Crippen LogP) is -1.76. The number of aliphatic hydroxyl groups is 6. The van der Waals surface area contributed by atoms with Crippen molar-refractivity contribution in [3.8, 4) is 0 Å². The molecule has 4 fully saturated rings. The van der Waals surface area contributed by atoms with Gasteiger partial charge in [-0.3, -0.25) is 4.18 Å². The second kappa shape index (κ2) is 11.4. The molecule has 4 aliphatic carbocycles. The normalized spacial score (nSPS) is 48.3. The summed E-state index contributed by atoms with van der Waals surface area (Å²) in [6.45, 7) is 8.43. The van der Waals surface area contributed by atoms with Crippen LogP contribution in [0.15, 0.2) is 12.2 Å². The van der Waals surface area contributed by atoms with Crippen LogP contribution >= 0.6 is 0 Å². The maximum Gasteiger partial charge on any atom is 1.00 e. The number of fused-ring (bicyclic) bond motifs is 5. The number of hydrogen-bond donors (Lipinski definition) is 6. The van der Waals surface area contributed by atoms with E-state index in [0.717, 1.165) is 6.42 Å². The van der Waals surface area contributed by atoms with E-state index in [1.807, 2.05) is 19.9 Å². The molecule has 4 rings (SSSR count). The molecule has 0 aromatic rings. The molecule has 0 spiro atoms. The smallest absolute Gasteiger partial charge is 0.726 e. The minimum atomic E-state index is -4.93. The number of rotatable bonds is 7. The summed E-state index contributed by atoms with van der Waals surface area (Å²) in [5, 5.41) is 67.6. The maximum absolute atomic E-state index is 12.4. The summed E-state index contributed by atoms with van der Waals surface area (Å²) in [4.78, 5) is 0. The minimum Gasteiger partial charge on any atom is -0.726 e. The van der Waals surface area contributed by atoms with Crippen LogP contribution in [-0.4, -0.2) is 85.3 Å². The molecule has 40 heavy (non-hydrogen) atoms. The van der Waals surface area contributed by atoms with Crippen LogP contribution in [-0.2, 0) is 14.6 Å². The first kappa shape index (κ1) is 34.9. The van der Waals surface area contributed by atoms with Crippen molar-refractivity contribution in [2.45, 2.75) is 115 Å². The van der Waals surface area contributed by atoms with E-state index >= 15 is 0 Å². The number of aliphatic hydroxyl groups excluding tert-OH is 3. The van der Waals surface area contributed by atoms with Crippen LogP contribution < -0.4 is 29.6 Å². The van der Waals surface area contributed by atoms with Crippen molar-refractivity contribution in [3.63, 3.8) is 0 Å². The third-order valence-corrected chi connectivity index (χ3v) is 12.1. The molecule has 226 valence electrons. The van der Waals surface area contributed by atoms with E-state index in [1.54, 1.807) is 13.0 Å². The molecule has 4 saturated carbocycles. The van der Waals surface area contributed by atoms with Gasteiger partial charge in [0.25, 0.3) is 0 Å².